The molecule has 0 saturated carbocycles. The molecular formula is C15H16BrN3O. The number of rotatable bonds is 2. The third-order valence-electron chi connectivity index (χ3n) is 3.70. The van der Waals surface area contributed by atoms with Crippen molar-refractivity contribution in [3.63, 3.8) is 0 Å². The first-order valence-corrected chi connectivity index (χ1v) is 7.48. The van der Waals surface area contributed by atoms with Gasteiger partial charge in [-0.3, -0.25) is 9.48 Å². The van der Waals surface area contributed by atoms with E-state index < -0.39 is 0 Å². The average Bonchev–Trinajstić information content (AvgIpc) is 2.97. The van der Waals surface area contributed by atoms with Crippen LogP contribution in [0, 0.1) is 6.92 Å². The molecule has 0 atom stereocenters. The summed E-state index contributed by atoms with van der Waals surface area (Å²) in [5.74, 6) is -0.131. The molecule has 1 aromatic carbocycles. The van der Waals surface area contributed by atoms with Crippen LogP contribution >= 0.6 is 15.9 Å². The molecule has 3 rings (SSSR count). The van der Waals surface area contributed by atoms with Crippen molar-refractivity contribution in [3.8, 4) is 0 Å². The van der Waals surface area contributed by atoms with E-state index in [9.17, 15) is 4.79 Å². The number of aryl methyl sites for hydroxylation is 2. The molecule has 1 heterocycles. The molecule has 0 bridgehead atoms. The van der Waals surface area contributed by atoms with E-state index in [4.69, 9.17) is 0 Å². The maximum atomic E-state index is 12.4. The van der Waals surface area contributed by atoms with E-state index in [0.717, 1.165) is 40.5 Å². The van der Waals surface area contributed by atoms with Crippen LogP contribution in [0.15, 0.2) is 22.7 Å². The van der Waals surface area contributed by atoms with Crippen LogP contribution in [-0.4, -0.2) is 15.7 Å². The van der Waals surface area contributed by atoms with Gasteiger partial charge in [0.2, 0.25) is 0 Å². The molecule has 1 N–H and O–H groups in total. The van der Waals surface area contributed by atoms with Gasteiger partial charge in [0.05, 0.1) is 5.69 Å². The second-order valence-corrected chi connectivity index (χ2v) is 6.04. The summed E-state index contributed by atoms with van der Waals surface area (Å²) in [6.45, 7) is 2.02. The summed E-state index contributed by atoms with van der Waals surface area (Å²) in [4.78, 5) is 12.4. The lowest BCUT2D eigenvalue weighted by Gasteiger charge is -2.07. The molecule has 20 heavy (non-hydrogen) atoms. The van der Waals surface area contributed by atoms with Gasteiger partial charge in [-0.25, -0.2) is 0 Å². The quantitative estimate of drug-likeness (QED) is 0.917. The number of amides is 1. The minimum Gasteiger partial charge on any atom is -0.320 e. The van der Waals surface area contributed by atoms with E-state index in [1.54, 1.807) is 0 Å². The topological polar surface area (TPSA) is 46.9 Å². The van der Waals surface area contributed by atoms with Gasteiger partial charge in [-0.2, -0.15) is 5.10 Å². The van der Waals surface area contributed by atoms with Crippen molar-refractivity contribution in [2.75, 3.05) is 5.32 Å². The zero-order valence-electron chi connectivity index (χ0n) is 11.5. The molecule has 4 nitrogen and oxygen atoms in total. The minimum atomic E-state index is -0.131. The molecule has 1 aliphatic carbocycles. The van der Waals surface area contributed by atoms with Crippen LogP contribution in [0.5, 0.6) is 0 Å². The van der Waals surface area contributed by atoms with Gasteiger partial charge in [0.1, 0.15) is 0 Å². The normalized spacial score (nSPS) is 13.3. The van der Waals surface area contributed by atoms with Gasteiger partial charge >= 0.3 is 0 Å². The summed E-state index contributed by atoms with van der Waals surface area (Å²) >= 11 is 3.48. The van der Waals surface area contributed by atoms with Gasteiger partial charge in [-0.1, -0.05) is 6.07 Å². The summed E-state index contributed by atoms with van der Waals surface area (Å²) < 4.78 is 2.72. The molecular weight excluding hydrogens is 318 g/mol. The number of anilines is 1. The standard InChI is InChI=1S/C15H16BrN3O/c1-9-6-7-12(11(16)8-9)17-15(20)14-10-4-3-5-13(10)19(2)18-14/h6-8H,3-5H2,1-2H3,(H,17,20). The maximum Gasteiger partial charge on any atom is 0.276 e. The first-order chi connectivity index (χ1) is 9.56. The smallest absolute Gasteiger partial charge is 0.276 e. The summed E-state index contributed by atoms with van der Waals surface area (Å²) in [6, 6.07) is 5.86. The molecule has 1 aliphatic rings. The van der Waals surface area contributed by atoms with Crippen LogP contribution < -0.4 is 5.32 Å². The fraction of sp³-hybridized carbons (Fsp3) is 0.333. The van der Waals surface area contributed by atoms with Gasteiger partial charge in [0, 0.05) is 22.8 Å². The number of halogens is 1. The van der Waals surface area contributed by atoms with Crippen molar-refractivity contribution in [1.82, 2.24) is 9.78 Å². The van der Waals surface area contributed by atoms with Crippen LogP contribution in [0.25, 0.3) is 0 Å². The molecule has 0 aliphatic heterocycles. The second-order valence-electron chi connectivity index (χ2n) is 5.19. The van der Waals surface area contributed by atoms with Crippen molar-refractivity contribution in [2.24, 2.45) is 7.05 Å². The Morgan fingerprint density at radius 1 is 1.40 bits per heavy atom. The number of nitrogens with zero attached hydrogens (tertiary/aromatic N) is 2. The number of fused-ring (bicyclic) bond motifs is 1. The number of nitrogens with one attached hydrogen (secondary N) is 1. The Kier molecular flexibility index (Phi) is 3.38. The van der Waals surface area contributed by atoms with E-state index in [-0.39, 0.29) is 5.91 Å². The first kappa shape index (κ1) is 13.4. The van der Waals surface area contributed by atoms with Crippen LogP contribution in [-0.2, 0) is 19.9 Å². The Hall–Kier alpha value is -1.62. The molecule has 0 unspecified atom stereocenters. The van der Waals surface area contributed by atoms with E-state index in [2.05, 4.69) is 26.3 Å². The fourth-order valence-electron chi connectivity index (χ4n) is 2.70. The van der Waals surface area contributed by atoms with Crippen molar-refractivity contribution < 1.29 is 4.79 Å². The number of hydrogen-bond donors (Lipinski definition) is 1. The highest BCUT2D eigenvalue weighted by molar-refractivity contribution is 9.10. The lowest BCUT2D eigenvalue weighted by Crippen LogP contribution is -2.15. The third-order valence-corrected chi connectivity index (χ3v) is 4.36. The number of carbonyl (C=O) groups is 1. The van der Waals surface area contributed by atoms with Crippen molar-refractivity contribution in [3.05, 3.63) is 45.2 Å². The lowest BCUT2D eigenvalue weighted by atomic mass is 10.2. The molecule has 1 amide bonds. The summed E-state index contributed by atoms with van der Waals surface area (Å²) in [5, 5.41) is 7.30. The number of carbonyl (C=O) groups excluding carboxylic acids is 1. The monoisotopic (exact) mass is 333 g/mol. The van der Waals surface area contributed by atoms with Gasteiger partial charge < -0.3 is 5.32 Å². The Morgan fingerprint density at radius 2 is 2.20 bits per heavy atom. The lowest BCUT2D eigenvalue weighted by molar-refractivity contribution is 0.102. The molecule has 0 fully saturated rings. The molecule has 0 saturated heterocycles. The van der Waals surface area contributed by atoms with E-state index in [1.165, 1.54) is 5.69 Å². The summed E-state index contributed by atoms with van der Waals surface area (Å²) in [5.41, 5.74) is 4.78. The van der Waals surface area contributed by atoms with Gasteiger partial charge in [-0.05, 0) is 59.8 Å². The maximum absolute atomic E-state index is 12.4. The van der Waals surface area contributed by atoms with Crippen molar-refractivity contribution in [1.29, 1.82) is 0 Å². The van der Waals surface area contributed by atoms with Gasteiger partial charge in [0.15, 0.2) is 5.69 Å². The fourth-order valence-corrected chi connectivity index (χ4v) is 3.29. The predicted octanol–water partition coefficient (Wildman–Crippen LogP) is 3.23. The summed E-state index contributed by atoms with van der Waals surface area (Å²) in [6.07, 6.45) is 3.07. The molecule has 5 heteroatoms. The minimum absolute atomic E-state index is 0.131. The van der Waals surface area contributed by atoms with Gasteiger partial charge in [-0.15, -0.1) is 0 Å². The Bertz CT molecular complexity index is 691. The Labute approximate surface area is 126 Å². The highest BCUT2D eigenvalue weighted by atomic mass is 79.9. The zero-order valence-corrected chi connectivity index (χ0v) is 13.1. The molecule has 104 valence electrons. The van der Waals surface area contributed by atoms with Crippen LogP contribution in [0.1, 0.15) is 33.7 Å². The number of benzene rings is 1. The highest BCUT2D eigenvalue weighted by Gasteiger charge is 2.25. The van der Waals surface area contributed by atoms with E-state index >= 15 is 0 Å². The molecule has 1 aromatic heterocycles. The van der Waals surface area contributed by atoms with Crippen molar-refractivity contribution in [2.45, 2.75) is 26.2 Å². The predicted molar refractivity (Wildman–Crippen MR) is 82.1 cm³/mol. The molecule has 0 spiro atoms. The average molecular weight is 334 g/mol. The zero-order chi connectivity index (χ0) is 14.3. The molecule has 0 radical (unpaired) electrons. The van der Waals surface area contributed by atoms with E-state index in [1.807, 2.05) is 36.9 Å². The Balaban J connectivity index is 1.89. The van der Waals surface area contributed by atoms with Crippen molar-refractivity contribution >= 4 is 27.5 Å². The van der Waals surface area contributed by atoms with Crippen LogP contribution in [0.4, 0.5) is 5.69 Å². The van der Waals surface area contributed by atoms with E-state index in [0.29, 0.717) is 5.69 Å². The Morgan fingerprint density at radius 3 is 2.95 bits per heavy atom. The van der Waals surface area contributed by atoms with Crippen LogP contribution in [0.3, 0.4) is 0 Å². The van der Waals surface area contributed by atoms with Crippen LogP contribution in [0.2, 0.25) is 0 Å². The van der Waals surface area contributed by atoms with Gasteiger partial charge in [0.25, 0.3) is 5.91 Å². The first-order valence-electron chi connectivity index (χ1n) is 6.68. The number of hydrogen-bond acceptors (Lipinski definition) is 2. The summed E-state index contributed by atoms with van der Waals surface area (Å²) in [7, 11) is 1.91. The third kappa shape index (κ3) is 2.26. The number of aromatic nitrogens is 2. The largest absolute Gasteiger partial charge is 0.320 e. The molecule has 2 aromatic rings. The highest BCUT2D eigenvalue weighted by Crippen LogP contribution is 2.27. The SMILES string of the molecule is Cc1ccc(NC(=O)c2nn(C)c3c2CCC3)c(Br)c1. The second kappa shape index (κ2) is 5.05.